The predicted octanol–water partition coefficient (Wildman–Crippen LogP) is 3.91. The van der Waals surface area contributed by atoms with Gasteiger partial charge in [0, 0.05) is 18.5 Å². The molecule has 2 aromatic carbocycles. The van der Waals surface area contributed by atoms with Crippen molar-refractivity contribution in [2.75, 3.05) is 26.3 Å². The van der Waals surface area contributed by atoms with Crippen LogP contribution in [-0.4, -0.2) is 62.3 Å². The van der Waals surface area contributed by atoms with Crippen LogP contribution in [0.5, 0.6) is 0 Å². The third kappa shape index (κ3) is 5.43. The van der Waals surface area contributed by atoms with Crippen molar-refractivity contribution in [1.29, 1.82) is 0 Å². The van der Waals surface area contributed by atoms with Crippen molar-refractivity contribution < 1.29 is 28.2 Å². The van der Waals surface area contributed by atoms with Gasteiger partial charge in [0.05, 0.1) is 48.5 Å². The number of amidine groups is 1. The summed E-state index contributed by atoms with van der Waals surface area (Å²) >= 11 is 1.14. The van der Waals surface area contributed by atoms with Crippen LogP contribution >= 0.6 is 11.8 Å². The number of nitrogens with zero attached hydrogens (tertiary/aromatic N) is 5. The average Bonchev–Trinajstić information content (AvgIpc) is 3.41. The highest BCUT2D eigenvalue weighted by atomic mass is 32.2. The molecule has 1 aliphatic rings. The summed E-state index contributed by atoms with van der Waals surface area (Å²) in [4.78, 5) is 21.5. The Kier molecular flexibility index (Phi) is 7.44. The molecule has 3 aromatic rings. The standard InChI is InChI=1S/C24H20F3N5O3S/c1-28-18-4-3-16(19(12-18)24(25,26)27)14-32-20-5-2-15(10-17(20)13-29-32)11-21-22(35)30-23(36-21)31(6-8-33)7-9-34/h2-5,10-13,33-34H,6-9,14H2. The second kappa shape index (κ2) is 10.5. The number of carbonyl (C=O) groups excluding carboxylic acids is 1. The van der Waals surface area contributed by atoms with Gasteiger partial charge in [-0.15, -0.1) is 0 Å². The summed E-state index contributed by atoms with van der Waals surface area (Å²) in [6, 6.07) is 8.69. The van der Waals surface area contributed by atoms with Crippen molar-refractivity contribution in [1.82, 2.24) is 14.7 Å². The molecule has 0 aliphatic carbocycles. The Balaban J connectivity index is 1.58. The summed E-state index contributed by atoms with van der Waals surface area (Å²) in [6.45, 7) is 7.01. The molecule has 1 aliphatic heterocycles. The number of aliphatic hydroxyl groups excluding tert-OH is 2. The molecule has 0 bridgehead atoms. The van der Waals surface area contributed by atoms with Crippen LogP contribution in [0.1, 0.15) is 16.7 Å². The molecule has 0 saturated heterocycles. The molecule has 0 spiro atoms. The smallest absolute Gasteiger partial charge is 0.395 e. The number of hydrogen-bond donors (Lipinski definition) is 2. The zero-order valence-electron chi connectivity index (χ0n) is 18.7. The summed E-state index contributed by atoms with van der Waals surface area (Å²) in [7, 11) is 0. The largest absolute Gasteiger partial charge is 0.415 e. The summed E-state index contributed by atoms with van der Waals surface area (Å²) in [5, 5.41) is 23.7. The molecule has 0 atom stereocenters. The minimum absolute atomic E-state index is 0.000891. The summed E-state index contributed by atoms with van der Waals surface area (Å²) in [5.74, 6) is -0.436. The lowest BCUT2D eigenvalue weighted by atomic mass is 10.1. The Bertz CT molecular complexity index is 1400. The van der Waals surface area contributed by atoms with E-state index in [-0.39, 0.29) is 44.1 Å². The van der Waals surface area contributed by atoms with Gasteiger partial charge in [-0.1, -0.05) is 18.2 Å². The average molecular weight is 516 g/mol. The molecular weight excluding hydrogens is 495 g/mol. The number of amides is 1. The molecule has 186 valence electrons. The Morgan fingerprint density at radius 3 is 2.56 bits per heavy atom. The van der Waals surface area contributed by atoms with Crippen LogP contribution in [0.15, 0.2) is 52.5 Å². The molecule has 2 heterocycles. The van der Waals surface area contributed by atoms with Gasteiger partial charge in [-0.05, 0) is 47.2 Å². The molecule has 4 rings (SSSR count). The molecule has 0 radical (unpaired) electrons. The number of fused-ring (bicyclic) bond motifs is 1. The van der Waals surface area contributed by atoms with Crippen LogP contribution in [0.25, 0.3) is 21.8 Å². The van der Waals surface area contributed by atoms with Crippen molar-refractivity contribution in [3.8, 4) is 0 Å². The van der Waals surface area contributed by atoms with Gasteiger partial charge >= 0.3 is 6.18 Å². The number of carbonyl (C=O) groups is 1. The summed E-state index contributed by atoms with van der Waals surface area (Å²) in [6.07, 6.45) is -1.41. The molecule has 36 heavy (non-hydrogen) atoms. The molecule has 1 aromatic heterocycles. The van der Waals surface area contributed by atoms with E-state index < -0.39 is 17.6 Å². The van der Waals surface area contributed by atoms with Crippen LogP contribution < -0.4 is 0 Å². The van der Waals surface area contributed by atoms with Crippen LogP contribution in [0.4, 0.5) is 18.9 Å². The first-order chi connectivity index (χ1) is 17.2. The summed E-state index contributed by atoms with van der Waals surface area (Å²) in [5.41, 5.74) is 0.335. The van der Waals surface area contributed by atoms with Crippen molar-refractivity contribution in [2.24, 2.45) is 4.99 Å². The number of rotatable bonds is 7. The number of aliphatic imine (C=N–C) groups is 1. The van der Waals surface area contributed by atoms with E-state index in [2.05, 4.69) is 14.9 Å². The third-order valence-corrected chi connectivity index (χ3v) is 6.48. The minimum Gasteiger partial charge on any atom is -0.395 e. The zero-order valence-corrected chi connectivity index (χ0v) is 19.6. The fourth-order valence-electron chi connectivity index (χ4n) is 3.75. The van der Waals surface area contributed by atoms with Gasteiger partial charge < -0.3 is 15.1 Å². The molecule has 12 heteroatoms. The Hall–Kier alpha value is -3.66. The highest BCUT2D eigenvalue weighted by molar-refractivity contribution is 8.18. The fraction of sp³-hybridized carbons (Fsp3) is 0.250. The lowest BCUT2D eigenvalue weighted by Gasteiger charge is -2.20. The molecule has 2 N–H and O–H groups in total. The number of thioether (sulfide) groups is 1. The van der Waals surface area contributed by atoms with E-state index in [1.807, 2.05) is 0 Å². The second-order valence-electron chi connectivity index (χ2n) is 7.82. The highest BCUT2D eigenvalue weighted by Gasteiger charge is 2.33. The maximum absolute atomic E-state index is 13.5. The van der Waals surface area contributed by atoms with Gasteiger partial charge in [-0.2, -0.15) is 23.3 Å². The second-order valence-corrected chi connectivity index (χ2v) is 8.83. The van der Waals surface area contributed by atoms with E-state index in [1.165, 1.54) is 23.0 Å². The first-order valence-corrected chi connectivity index (χ1v) is 11.6. The molecule has 0 saturated carbocycles. The van der Waals surface area contributed by atoms with Gasteiger partial charge in [0.25, 0.3) is 5.91 Å². The summed E-state index contributed by atoms with van der Waals surface area (Å²) < 4.78 is 42.1. The first kappa shape index (κ1) is 25.4. The van der Waals surface area contributed by atoms with Crippen molar-refractivity contribution >= 4 is 45.5 Å². The zero-order chi connectivity index (χ0) is 25.9. The van der Waals surface area contributed by atoms with E-state index in [9.17, 15) is 28.2 Å². The number of hydrogen-bond acceptors (Lipinski definition) is 6. The van der Waals surface area contributed by atoms with E-state index in [0.29, 0.717) is 26.5 Å². The van der Waals surface area contributed by atoms with Crippen molar-refractivity contribution in [3.05, 3.63) is 75.6 Å². The van der Waals surface area contributed by atoms with Gasteiger partial charge in [0.2, 0.25) is 0 Å². The van der Waals surface area contributed by atoms with Gasteiger partial charge in [-0.25, -0.2) is 4.85 Å². The number of benzene rings is 2. The number of alkyl halides is 3. The predicted molar refractivity (Wildman–Crippen MR) is 130 cm³/mol. The topological polar surface area (TPSA) is 95.3 Å². The van der Waals surface area contributed by atoms with Crippen molar-refractivity contribution in [2.45, 2.75) is 12.7 Å². The lowest BCUT2D eigenvalue weighted by Crippen LogP contribution is -2.33. The maximum atomic E-state index is 13.5. The van der Waals surface area contributed by atoms with E-state index >= 15 is 0 Å². The number of aliphatic hydroxyl groups is 2. The van der Waals surface area contributed by atoms with Crippen molar-refractivity contribution in [3.63, 3.8) is 0 Å². The quantitative estimate of drug-likeness (QED) is 0.366. The Morgan fingerprint density at radius 1 is 1.14 bits per heavy atom. The fourth-order valence-corrected chi connectivity index (χ4v) is 4.71. The Labute approximate surface area is 208 Å². The molecule has 0 unspecified atom stereocenters. The normalized spacial score (nSPS) is 14.9. The van der Waals surface area contributed by atoms with Gasteiger partial charge in [-0.3, -0.25) is 9.48 Å². The highest BCUT2D eigenvalue weighted by Crippen LogP contribution is 2.35. The van der Waals surface area contributed by atoms with Crippen LogP contribution in [0.3, 0.4) is 0 Å². The number of aromatic nitrogens is 2. The maximum Gasteiger partial charge on any atom is 0.415 e. The third-order valence-electron chi connectivity index (χ3n) is 5.43. The lowest BCUT2D eigenvalue weighted by molar-refractivity contribution is -0.138. The van der Waals surface area contributed by atoms with Crippen LogP contribution in [0, 0.1) is 6.57 Å². The monoisotopic (exact) mass is 515 g/mol. The minimum atomic E-state index is -4.60. The SMILES string of the molecule is [C-]#[N+]c1ccc(Cn2ncc3cc(C=C4SC(N(CCO)CCO)=NC4=O)ccc32)c(C(F)(F)F)c1. The van der Waals surface area contributed by atoms with Gasteiger partial charge in [0.15, 0.2) is 10.9 Å². The van der Waals surface area contributed by atoms with E-state index in [4.69, 9.17) is 6.57 Å². The van der Waals surface area contributed by atoms with Gasteiger partial charge in [0.1, 0.15) is 0 Å². The van der Waals surface area contributed by atoms with Crippen LogP contribution in [0.2, 0.25) is 0 Å². The van der Waals surface area contributed by atoms with E-state index in [0.717, 1.165) is 17.8 Å². The molecule has 1 amide bonds. The Morgan fingerprint density at radius 2 is 1.89 bits per heavy atom. The first-order valence-electron chi connectivity index (χ1n) is 10.8. The number of halogens is 3. The van der Waals surface area contributed by atoms with E-state index in [1.54, 1.807) is 29.2 Å². The molecular formula is C24H20F3N5O3S. The molecule has 0 fully saturated rings. The molecule has 8 nitrogen and oxygen atoms in total. The van der Waals surface area contributed by atoms with Crippen LogP contribution in [-0.2, 0) is 17.5 Å².